The van der Waals surface area contributed by atoms with Gasteiger partial charge in [0.05, 0.1) is 12.7 Å². The first-order valence-corrected chi connectivity index (χ1v) is 13.1. The van der Waals surface area contributed by atoms with Crippen LogP contribution < -0.4 is 10.5 Å². The fourth-order valence-electron chi connectivity index (χ4n) is 5.76. The lowest BCUT2D eigenvalue weighted by molar-refractivity contribution is -0.134. The number of amides is 2. The average molecular weight is 498 g/mol. The third kappa shape index (κ3) is 5.12. The van der Waals surface area contributed by atoms with Crippen molar-refractivity contribution in [2.45, 2.75) is 43.7 Å². The highest BCUT2D eigenvalue weighted by atomic mass is 16.5. The molecule has 0 spiro atoms. The molecule has 0 aliphatic carbocycles. The monoisotopic (exact) mass is 497 g/mol. The molecule has 6 heteroatoms. The maximum absolute atomic E-state index is 14.0. The molecule has 37 heavy (non-hydrogen) atoms. The van der Waals surface area contributed by atoms with E-state index in [0.29, 0.717) is 43.3 Å². The molecule has 0 unspecified atom stereocenters. The normalized spacial score (nSPS) is 22.2. The molecule has 2 saturated heterocycles. The van der Waals surface area contributed by atoms with Crippen LogP contribution in [0.25, 0.3) is 0 Å². The molecule has 3 aromatic rings. The third-order valence-corrected chi connectivity index (χ3v) is 7.87. The van der Waals surface area contributed by atoms with Crippen molar-refractivity contribution in [1.29, 1.82) is 0 Å². The highest BCUT2D eigenvalue weighted by Crippen LogP contribution is 2.37. The van der Waals surface area contributed by atoms with Crippen LogP contribution in [0.15, 0.2) is 78.9 Å². The second kappa shape index (κ2) is 10.8. The largest absolute Gasteiger partial charge is 0.496 e. The highest BCUT2D eigenvalue weighted by Gasteiger charge is 2.44. The zero-order chi connectivity index (χ0) is 25.9. The maximum atomic E-state index is 14.0. The zero-order valence-corrected chi connectivity index (χ0v) is 21.5. The summed E-state index contributed by atoms with van der Waals surface area (Å²) >= 11 is 0. The second-order valence-corrected chi connectivity index (χ2v) is 10.2. The summed E-state index contributed by atoms with van der Waals surface area (Å²) in [6.45, 7) is 3.76. The van der Waals surface area contributed by atoms with E-state index in [1.165, 1.54) is 5.56 Å². The van der Waals surface area contributed by atoms with Crippen molar-refractivity contribution in [3.63, 3.8) is 0 Å². The van der Waals surface area contributed by atoms with Crippen LogP contribution in [-0.4, -0.2) is 54.4 Å². The Morgan fingerprint density at radius 2 is 1.57 bits per heavy atom. The molecule has 0 aromatic heterocycles. The summed E-state index contributed by atoms with van der Waals surface area (Å²) in [7, 11) is 1.56. The van der Waals surface area contributed by atoms with E-state index < -0.39 is 6.04 Å². The van der Waals surface area contributed by atoms with Gasteiger partial charge in [0.25, 0.3) is 5.91 Å². The molecule has 2 amide bonds. The van der Waals surface area contributed by atoms with Gasteiger partial charge in [0.15, 0.2) is 0 Å². The summed E-state index contributed by atoms with van der Waals surface area (Å²) in [5.41, 5.74) is 9.84. The number of hydrogen-bond acceptors (Lipinski definition) is 4. The Kier molecular flexibility index (Phi) is 7.28. The van der Waals surface area contributed by atoms with Crippen LogP contribution in [0.2, 0.25) is 0 Å². The number of carbonyl (C=O) groups is 2. The quantitative estimate of drug-likeness (QED) is 0.534. The zero-order valence-electron chi connectivity index (χ0n) is 21.5. The van der Waals surface area contributed by atoms with Gasteiger partial charge in [-0.3, -0.25) is 9.59 Å². The number of ether oxygens (including phenoxy) is 1. The minimum Gasteiger partial charge on any atom is -0.496 e. The minimum absolute atomic E-state index is 0.0347. The summed E-state index contributed by atoms with van der Waals surface area (Å²) in [5.74, 6) is 0.759. The van der Waals surface area contributed by atoms with Crippen LogP contribution >= 0.6 is 0 Å². The van der Waals surface area contributed by atoms with Gasteiger partial charge in [0.2, 0.25) is 5.91 Å². The Bertz CT molecular complexity index is 1250. The van der Waals surface area contributed by atoms with Crippen molar-refractivity contribution < 1.29 is 14.3 Å². The Morgan fingerprint density at radius 1 is 0.919 bits per heavy atom. The van der Waals surface area contributed by atoms with Crippen molar-refractivity contribution in [2.75, 3.05) is 26.7 Å². The lowest BCUT2D eigenvalue weighted by atomic mass is 9.96. The number of methoxy groups -OCH3 is 1. The van der Waals surface area contributed by atoms with Gasteiger partial charge >= 0.3 is 0 Å². The van der Waals surface area contributed by atoms with Crippen LogP contribution in [0.3, 0.4) is 0 Å². The maximum Gasteiger partial charge on any atom is 0.258 e. The molecule has 2 heterocycles. The fraction of sp³-hybridized carbons (Fsp3) is 0.355. The molecule has 2 aliphatic heterocycles. The molecule has 5 rings (SSSR count). The summed E-state index contributed by atoms with van der Waals surface area (Å²) < 4.78 is 5.55. The number of hydrogen-bond donors (Lipinski definition) is 1. The third-order valence-electron chi connectivity index (χ3n) is 7.87. The number of rotatable bonds is 6. The summed E-state index contributed by atoms with van der Waals surface area (Å²) in [6, 6.07) is 25.3. The van der Waals surface area contributed by atoms with Crippen molar-refractivity contribution in [1.82, 2.24) is 9.80 Å². The van der Waals surface area contributed by atoms with Crippen LogP contribution in [0.5, 0.6) is 5.75 Å². The first kappa shape index (κ1) is 25.0. The number of carbonyl (C=O) groups excluding carboxylic acids is 2. The smallest absolute Gasteiger partial charge is 0.258 e. The Balaban J connectivity index is 1.44. The van der Waals surface area contributed by atoms with E-state index in [9.17, 15) is 9.59 Å². The van der Waals surface area contributed by atoms with E-state index in [2.05, 4.69) is 24.3 Å². The number of likely N-dealkylation sites (tertiary alicyclic amines) is 2. The molecule has 3 aromatic carbocycles. The Morgan fingerprint density at radius 3 is 2.19 bits per heavy atom. The first-order chi connectivity index (χ1) is 18.0. The van der Waals surface area contributed by atoms with Crippen LogP contribution in [0.1, 0.15) is 64.7 Å². The predicted molar refractivity (Wildman–Crippen MR) is 145 cm³/mol. The number of benzene rings is 3. The van der Waals surface area contributed by atoms with Crippen molar-refractivity contribution in [3.05, 3.63) is 101 Å². The average Bonchev–Trinajstić information content (AvgIpc) is 3.61. The SMILES string of the molecule is COc1ccc([C@H](C)N)cc1C(=O)N1C[C@@H](c2ccccc2)C[C@H]1C(=O)N1CC[C@H](c2ccccc2)C1. The molecule has 6 nitrogen and oxygen atoms in total. The lowest BCUT2D eigenvalue weighted by Gasteiger charge is -2.28. The van der Waals surface area contributed by atoms with Gasteiger partial charge in [-0.25, -0.2) is 0 Å². The Labute approximate surface area is 219 Å². The molecule has 192 valence electrons. The first-order valence-electron chi connectivity index (χ1n) is 13.1. The molecular formula is C31H35N3O3. The molecule has 0 bridgehead atoms. The standard InChI is InChI=1S/C31H35N3O3/c1-21(32)24-13-14-29(37-2)27(17-24)30(35)34-20-26(23-11-7-4-8-12-23)18-28(34)31(36)33-16-15-25(19-33)22-9-5-3-6-10-22/h3-14,17,21,25-26,28H,15-16,18-20,32H2,1-2H3/t21-,25-,26-,28-/m0/s1. The van der Waals surface area contributed by atoms with Gasteiger partial charge in [-0.05, 0) is 48.6 Å². The van der Waals surface area contributed by atoms with E-state index in [1.54, 1.807) is 18.1 Å². The molecule has 0 radical (unpaired) electrons. The van der Waals surface area contributed by atoms with Crippen LogP contribution in [0, 0.1) is 0 Å². The number of nitrogens with zero attached hydrogens (tertiary/aromatic N) is 2. The van der Waals surface area contributed by atoms with Gasteiger partial charge in [0.1, 0.15) is 11.8 Å². The summed E-state index contributed by atoms with van der Waals surface area (Å²) in [5, 5.41) is 0. The Hall–Kier alpha value is -3.64. The van der Waals surface area contributed by atoms with Crippen molar-refractivity contribution >= 4 is 11.8 Å². The van der Waals surface area contributed by atoms with Gasteiger partial charge < -0.3 is 20.3 Å². The van der Waals surface area contributed by atoms with E-state index in [0.717, 1.165) is 17.5 Å². The van der Waals surface area contributed by atoms with Crippen molar-refractivity contribution in [3.8, 4) is 5.75 Å². The molecular weight excluding hydrogens is 462 g/mol. The van der Waals surface area contributed by atoms with Crippen LogP contribution in [-0.2, 0) is 4.79 Å². The van der Waals surface area contributed by atoms with Gasteiger partial charge in [-0.1, -0.05) is 66.7 Å². The van der Waals surface area contributed by atoms with Crippen LogP contribution in [0.4, 0.5) is 0 Å². The highest BCUT2D eigenvalue weighted by molar-refractivity contribution is 6.00. The number of nitrogens with two attached hydrogens (primary N) is 1. The lowest BCUT2D eigenvalue weighted by Crippen LogP contribution is -2.47. The molecule has 2 aliphatic rings. The topological polar surface area (TPSA) is 75.9 Å². The minimum atomic E-state index is -0.518. The molecule has 2 N–H and O–H groups in total. The predicted octanol–water partition coefficient (Wildman–Crippen LogP) is 4.73. The summed E-state index contributed by atoms with van der Waals surface area (Å²) in [6.07, 6.45) is 1.54. The second-order valence-electron chi connectivity index (χ2n) is 10.2. The fourth-order valence-corrected chi connectivity index (χ4v) is 5.76. The van der Waals surface area contributed by atoms with Gasteiger partial charge in [-0.2, -0.15) is 0 Å². The molecule has 2 fully saturated rings. The molecule has 0 saturated carbocycles. The van der Waals surface area contributed by atoms with Gasteiger partial charge in [-0.15, -0.1) is 0 Å². The summed E-state index contributed by atoms with van der Waals surface area (Å²) in [4.78, 5) is 31.7. The van der Waals surface area contributed by atoms with E-state index in [4.69, 9.17) is 10.5 Å². The van der Waals surface area contributed by atoms with Gasteiger partial charge in [0, 0.05) is 37.5 Å². The van der Waals surface area contributed by atoms with E-state index in [1.807, 2.05) is 60.4 Å². The van der Waals surface area contributed by atoms with Crippen molar-refractivity contribution in [2.24, 2.45) is 5.73 Å². The molecule has 4 atom stereocenters. The van der Waals surface area contributed by atoms with E-state index in [-0.39, 0.29) is 23.8 Å². The van der Waals surface area contributed by atoms with E-state index >= 15 is 0 Å².